The predicted octanol–water partition coefficient (Wildman–Crippen LogP) is 2.28. The van der Waals surface area contributed by atoms with Gasteiger partial charge in [-0.2, -0.15) is 0 Å². The molecule has 2 aromatic heterocycles. The molecular formula is C13H15BrN4O. The average Bonchev–Trinajstić information content (AvgIpc) is 2.38. The Labute approximate surface area is 120 Å². The van der Waals surface area contributed by atoms with Gasteiger partial charge in [-0.05, 0) is 28.1 Å². The molecule has 0 unspecified atom stereocenters. The van der Waals surface area contributed by atoms with Crippen LogP contribution >= 0.6 is 15.9 Å². The molecule has 2 aromatic rings. The number of pyridine rings is 2. The molecule has 0 aliphatic carbocycles. The average molecular weight is 323 g/mol. The number of anilines is 1. The van der Waals surface area contributed by atoms with Gasteiger partial charge in [0, 0.05) is 43.9 Å². The van der Waals surface area contributed by atoms with E-state index in [2.05, 4.69) is 31.2 Å². The second-order valence-electron chi connectivity index (χ2n) is 4.34. The van der Waals surface area contributed by atoms with Crippen LogP contribution in [0.2, 0.25) is 0 Å². The molecule has 5 nitrogen and oxygen atoms in total. The van der Waals surface area contributed by atoms with Crippen molar-refractivity contribution in [1.29, 1.82) is 0 Å². The molecule has 0 bridgehead atoms. The fraction of sp³-hybridized carbons (Fsp3) is 0.308. The third kappa shape index (κ3) is 3.41. The maximum absolute atomic E-state index is 11.5. The van der Waals surface area contributed by atoms with Crippen LogP contribution in [0.4, 0.5) is 5.69 Å². The van der Waals surface area contributed by atoms with Gasteiger partial charge in [0.05, 0.1) is 11.2 Å². The van der Waals surface area contributed by atoms with Crippen LogP contribution in [0, 0.1) is 0 Å². The van der Waals surface area contributed by atoms with Gasteiger partial charge < -0.3 is 10.2 Å². The number of fused-ring (bicyclic) bond motifs is 1. The fourth-order valence-electron chi connectivity index (χ4n) is 1.68. The van der Waals surface area contributed by atoms with Crippen molar-refractivity contribution in [3.05, 3.63) is 29.0 Å². The summed E-state index contributed by atoms with van der Waals surface area (Å²) in [5.41, 5.74) is 2.52. The Bertz CT molecular complexity index is 600. The van der Waals surface area contributed by atoms with Crippen LogP contribution in [0.15, 0.2) is 29.0 Å². The molecule has 0 atom stereocenters. The zero-order valence-corrected chi connectivity index (χ0v) is 12.4. The Morgan fingerprint density at radius 1 is 1.42 bits per heavy atom. The first-order valence-corrected chi connectivity index (χ1v) is 6.71. The van der Waals surface area contributed by atoms with E-state index in [1.54, 1.807) is 31.4 Å². The fourth-order valence-corrected chi connectivity index (χ4v) is 2.00. The topological polar surface area (TPSA) is 58.1 Å². The summed E-state index contributed by atoms with van der Waals surface area (Å²) in [6, 6.07) is 3.78. The molecule has 100 valence electrons. The Balaban J connectivity index is 2.11. The first kappa shape index (κ1) is 13.7. The monoisotopic (exact) mass is 322 g/mol. The Morgan fingerprint density at radius 3 is 2.95 bits per heavy atom. The Morgan fingerprint density at radius 2 is 2.21 bits per heavy atom. The highest BCUT2D eigenvalue weighted by Crippen LogP contribution is 2.21. The van der Waals surface area contributed by atoms with Gasteiger partial charge in [0.2, 0.25) is 5.91 Å². The first-order valence-electron chi connectivity index (χ1n) is 5.92. The number of amides is 1. The third-order valence-electron chi connectivity index (χ3n) is 2.70. The van der Waals surface area contributed by atoms with Crippen molar-refractivity contribution in [1.82, 2.24) is 14.9 Å². The first-order chi connectivity index (χ1) is 9.08. The molecule has 0 saturated heterocycles. The molecule has 2 heterocycles. The molecule has 0 aliphatic rings. The normalized spacial score (nSPS) is 10.5. The van der Waals surface area contributed by atoms with Gasteiger partial charge in [0.15, 0.2) is 0 Å². The zero-order chi connectivity index (χ0) is 13.8. The van der Waals surface area contributed by atoms with E-state index in [4.69, 9.17) is 0 Å². The molecule has 0 spiro atoms. The van der Waals surface area contributed by atoms with E-state index in [1.807, 2.05) is 12.1 Å². The number of hydrogen-bond donors (Lipinski definition) is 1. The van der Waals surface area contributed by atoms with E-state index < -0.39 is 0 Å². The molecule has 6 heteroatoms. The van der Waals surface area contributed by atoms with Crippen LogP contribution in [0.1, 0.15) is 6.42 Å². The van der Waals surface area contributed by atoms with Crippen molar-refractivity contribution >= 4 is 38.6 Å². The molecule has 2 rings (SSSR count). The van der Waals surface area contributed by atoms with Crippen molar-refractivity contribution in [2.24, 2.45) is 0 Å². The number of carbonyl (C=O) groups excluding carboxylic acids is 1. The molecule has 0 aliphatic heterocycles. The van der Waals surface area contributed by atoms with Gasteiger partial charge in [-0.3, -0.25) is 14.8 Å². The van der Waals surface area contributed by atoms with E-state index in [9.17, 15) is 4.79 Å². The molecule has 19 heavy (non-hydrogen) atoms. The molecular weight excluding hydrogens is 308 g/mol. The predicted molar refractivity (Wildman–Crippen MR) is 79.0 cm³/mol. The highest BCUT2D eigenvalue weighted by atomic mass is 79.9. The minimum absolute atomic E-state index is 0.0987. The molecule has 0 saturated carbocycles. The molecule has 1 amide bonds. The summed E-state index contributed by atoms with van der Waals surface area (Å²) >= 11 is 3.37. The molecule has 0 fully saturated rings. The van der Waals surface area contributed by atoms with Crippen LogP contribution in [0.3, 0.4) is 0 Å². The van der Waals surface area contributed by atoms with Crippen LogP contribution in [0.5, 0.6) is 0 Å². The summed E-state index contributed by atoms with van der Waals surface area (Å²) in [7, 11) is 3.51. The Kier molecular flexibility index (Phi) is 4.31. The second kappa shape index (κ2) is 5.97. The SMILES string of the molecule is CN(C)C(=O)CCNc1ccnc2cc(Br)cnc12. The quantitative estimate of drug-likeness (QED) is 0.938. The number of carbonyl (C=O) groups is 1. The largest absolute Gasteiger partial charge is 0.383 e. The number of rotatable bonds is 4. The summed E-state index contributed by atoms with van der Waals surface area (Å²) < 4.78 is 0.896. The number of nitrogens with one attached hydrogen (secondary N) is 1. The number of nitrogens with zero attached hydrogens (tertiary/aromatic N) is 3. The van der Waals surface area contributed by atoms with Crippen molar-refractivity contribution in [3.63, 3.8) is 0 Å². The van der Waals surface area contributed by atoms with Gasteiger partial charge in [-0.1, -0.05) is 0 Å². The smallest absolute Gasteiger partial charge is 0.223 e. The van der Waals surface area contributed by atoms with Gasteiger partial charge in [-0.15, -0.1) is 0 Å². The highest BCUT2D eigenvalue weighted by Gasteiger charge is 2.06. The lowest BCUT2D eigenvalue weighted by Crippen LogP contribution is -2.23. The molecule has 0 radical (unpaired) electrons. The zero-order valence-electron chi connectivity index (χ0n) is 10.9. The van der Waals surface area contributed by atoms with Crippen molar-refractivity contribution in [3.8, 4) is 0 Å². The van der Waals surface area contributed by atoms with E-state index in [1.165, 1.54) is 0 Å². The van der Waals surface area contributed by atoms with E-state index in [0.717, 1.165) is 21.2 Å². The van der Waals surface area contributed by atoms with Gasteiger partial charge in [-0.25, -0.2) is 0 Å². The summed E-state index contributed by atoms with van der Waals surface area (Å²) in [5.74, 6) is 0.0987. The number of aromatic nitrogens is 2. The summed E-state index contributed by atoms with van der Waals surface area (Å²) in [6.45, 7) is 0.577. The van der Waals surface area contributed by atoms with Crippen molar-refractivity contribution in [2.75, 3.05) is 26.0 Å². The number of halogens is 1. The maximum Gasteiger partial charge on any atom is 0.223 e. The Hall–Kier alpha value is -1.69. The summed E-state index contributed by atoms with van der Waals surface area (Å²) in [6.07, 6.45) is 3.92. The summed E-state index contributed by atoms with van der Waals surface area (Å²) in [4.78, 5) is 21.7. The lowest BCUT2D eigenvalue weighted by atomic mass is 10.2. The van der Waals surface area contributed by atoms with Crippen LogP contribution < -0.4 is 5.32 Å². The van der Waals surface area contributed by atoms with Gasteiger partial charge in [0.1, 0.15) is 5.52 Å². The highest BCUT2D eigenvalue weighted by molar-refractivity contribution is 9.10. The van der Waals surface area contributed by atoms with E-state index >= 15 is 0 Å². The van der Waals surface area contributed by atoms with Crippen molar-refractivity contribution < 1.29 is 4.79 Å². The minimum Gasteiger partial charge on any atom is -0.383 e. The van der Waals surface area contributed by atoms with E-state index in [0.29, 0.717) is 13.0 Å². The lowest BCUT2D eigenvalue weighted by Gasteiger charge is -2.12. The lowest BCUT2D eigenvalue weighted by molar-refractivity contribution is -0.128. The van der Waals surface area contributed by atoms with E-state index in [-0.39, 0.29) is 5.91 Å². The maximum atomic E-state index is 11.5. The van der Waals surface area contributed by atoms with Crippen molar-refractivity contribution in [2.45, 2.75) is 6.42 Å². The minimum atomic E-state index is 0.0987. The van der Waals surface area contributed by atoms with Gasteiger partial charge >= 0.3 is 0 Å². The standard InChI is InChI=1S/C13H15BrN4O/c1-18(2)12(19)4-6-15-10-3-5-16-11-7-9(14)8-17-13(10)11/h3,5,7-8H,4,6H2,1-2H3,(H,15,16). The number of hydrogen-bond acceptors (Lipinski definition) is 4. The molecule has 1 N–H and O–H groups in total. The van der Waals surface area contributed by atoms with Crippen LogP contribution in [0.25, 0.3) is 11.0 Å². The van der Waals surface area contributed by atoms with Crippen LogP contribution in [-0.4, -0.2) is 41.4 Å². The second-order valence-corrected chi connectivity index (χ2v) is 5.26. The van der Waals surface area contributed by atoms with Crippen LogP contribution in [-0.2, 0) is 4.79 Å². The van der Waals surface area contributed by atoms with Gasteiger partial charge in [0.25, 0.3) is 0 Å². The summed E-state index contributed by atoms with van der Waals surface area (Å²) in [5, 5.41) is 3.23. The molecule has 0 aromatic carbocycles. The third-order valence-corrected chi connectivity index (χ3v) is 3.13.